The number of hydrogen-bond acceptors (Lipinski definition) is 2. The Morgan fingerprint density at radius 1 is 1.00 bits per heavy atom. The van der Waals surface area contributed by atoms with Crippen molar-refractivity contribution in [1.82, 2.24) is 0 Å². The molecule has 0 aliphatic rings. The van der Waals surface area contributed by atoms with Crippen LogP contribution < -0.4 is 10.2 Å². The normalized spacial score (nSPS) is 10.1. The number of aryl methyl sites for hydroxylation is 1. The Kier molecular flexibility index (Phi) is 7.30. The number of unbranched alkanes of at least 4 members (excludes halogenated alkanes) is 1. The van der Waals surface area contributed by atoms with Crippen LogP contribution in [0.1, 0.15) is 50.3 Å². The largest absolute Gasteiger partial charge is 2.00 e. The molecule has 0 amide bonds. The van der Waals surface area contributed by atoms with Crippen LogP contribution in [0.15, 0.2) is 6.07 Å². The molecule has 1 aromatic rings. The van der Waals surface area contributed by atoms with Gasteiger partial charge in [0.25, 0.3) is 0 Å². The van der Waals surface area contributed by atoms with E-state index >= 15 is 0 Å². The number of hydrogen-bond donors (Lipinski definition) is 0. The summed E-state index contributed by atoms with van der Waals surface area (Å²) in [6.07, 6.45) is 4.61. The van der Waals surface area contributed by atoms with Gasteiger partial charge in [0.1, 0.15) is 0 Å². The van der Waals surface area contributed by atoms with Crippen LogP contribution in [0.2, 0.25) is 0 Å². The van der Waals surface area contributed by atoms with Gasteiger partial charge in [0.05, 0.1) is 0 Å². The van der Waals surface area contributed by atoms with E-state index in [1.54, 1.807) is 6.07 Å². The van der Waals surface area contributed by atoms with Crippen molar-refractivity contribution in [2.45, 2.75) is 52.9 Å². The fourth-order valence-corrected chi connectivity index (χ4v) is 2.20. The van der Waals surface area contributed by atoms with E-state index in [4.69, 9.17) is 0 Å². The average Bonchev–Trinajstić information content (AvgIpc) is 2.29. The second-order valence-corrected chi connectivity index (χ2v) is 4.13. The predicted octanol–water partition coefficient (Wildman–Crippen LogP) is 2.30. The molecule has 0 aliphatic carbocycles. The Morgan fingerprint density at radius 3 is 2.06 bits per heavy atom. The van der Waals surface area contributed by atoms with Crippen molar-refractivity contribution in [1.29, 1.82) is 0 Å². The van der Waals surface area contributed by atoms with Crippen molar-refractivity contribution in [2.75, 3.05) is 0 Å². The van der Waals surface area contributed by atoms with E-state index in [9.17, 15) is 10.2 Å². The molecule has 1 rings (SSSR count). The van der Waals surface area contributed by atoms with Gasteiger partial charge in [0.15, 0.2) is 0 Å². The minimum Gasteiger partial charge on any atom is -0.873 e. The van der Waals surface area contributed by atoms with Crippen molar-refractivity contribution in [3.05, 3.63) is 22.8 Å². The van der Waals surface area contributed by atoms with Crippen LogP contribution in [0.25, 0.3) is 0 Å². The molecule has 0 aromatic heterocycles. The van der Waals surface area contributed by atoms with Crippen molar-refractivity contribution in [3.63, 3.8) is 0 Å². The average molecular weight is 279 g/mol. The zero-order valence-electron chi connectivity index (χ0n) is 10.7. The van der Waals surface area contributed by atoms with E-state index < -0.39 is 0 Å². The van der Waals surface area contributed by atoms with E-state index in [1.807, 2.05) is 13.8 Å². The van der Waals surface area contributed by atoms with Crippen LogP contribution in [0.3, 0.4) is 0 Å². The first-order valence-electron chi connectivity index (χ1n) is 6.17. The van der Waals surface area contributed by atoms with E-state index in [1.165, 1.54) is 0 Å². The standard InChI is InChI=1S/C14H22O2.Ni/c1-4-7-8-10-9-13(15)14(16)12(6-3)11(10)5-2;/h9,15-16H,4-8H2,1-3H3;/q;+2/p-2. The van der Waals surface area contributed by atoms with Crippen LogP contribution in [0, 0.1) is 0 Å². The molecule has 1 aromatic carbocycles. The summed E-state index contributed by atoms with van der Waals surface area (Å²) in [6, 6.07) is 1.55. The SMILES string of the molecule is CCCCc1cc([O-])c([O-])c(CC)c1CC.[Ni+2]. The van der Waals surface area contributed by atoms with Gasteiger partial charge in [-0.25, -0.2) is 0 Å². The molecule has 0 saturated carbocycles. The van der Waals surface area contributed by atoms with Gasteiger partial charge in [-0.05, 0) is 36.8 Å². The molecule has 0 bridgehead atoms. The molecule has 0 atom stereocenters. The zero-order valence-corrected chi connectivity index (χ0v) is 11.7. The summed E-state index contributed by atoms with van der Waals surface area (Å²) in [7, 11) is 0. The summed E-state index contributed by atoms with van der Waals surface area (Å²) < 4.78 is 0. The third kappa shape index (κ3) is 3.64. The Balaban J connectivity index is 0.00000256. The minimum absolute atomic E-state index is 0. The Labute approximate surface area is 114 Å². The molecule has 0 radical (unpaired) electrons. The summed E-state index contributed by atoms with van der Waals surface area (Å²) in [4.78, 5) is 0. The first kappa shape index (κ1) is 16.3. The molecule has 0 spiro atoms. The van der Waals surface area contributed by atoms with Crippen molar-refractivity contribution < 1.29 is 26.7 Å². The molecule has 0 aliphatic heterocycles. The molecular formula is C14H20NiO2. The van der Waals surface area contributed by atoms with Gasteiger partial charge in [-0.15, -0.1) is 11.5 Å². The van der Waals surface area contributed by atoms with E-state index in [2.05, 4.69) is 6.92 Å². The van der Waals surface area contributed by atoms with Gasteiger partial charge in [0, 0.05) is 0 Å². The first-order chi connectivity index (χ1) is 7.65. The maximum Gasteiger partial charge on any atom is 2.00 e. The van der Waals surface area contributed by atoms with Crippen molar-refractivity contribution in [3.8, 4) is 11.5 Å². The molecule has 0 saturated heterocycles. The Bertz CT molecular complexity index is 362. The van der Waals surface area contributed by atoms with Crippen LogP contribution in [-0.2, 0) is 35.8 Å². The first-order valence-corrected chi connectivity index (χ1v) is 6.17. The van der Waals surface area contributed by atoms with Gasteiger partial charge in [-0.1, -0.05) is 38.8 Å². The maximum absolute atomic E-state index is 11.7. The smallest absolute Gasteiger partial charge is 0.873 e. The second kappa shape index (κ2) is 7.60. The third-order valence-corrected chi connectivity index (χ3v) is 3.06. The van der Waals surface area contributed by atoms with Crippen LogP contribution >= 0.6 is 0 Å². The molecule has 0 fully saturated rings. The molecule has 3 heteroatoms. The topological polar surface area (TPSA) is 46.1 Å². The van der Waals surface area contributed by atoms with Crippen LogP contribution in [0.4, 0.5) is 0 Å². The fraction of sp³-hybridized carbons (Fsp3) is 0.571. The van der Waals surface area contributed by atoms with Crippen molar-refractivity contribution in [2.24, 2.45) is 0 Å². The number of rotatable bonds is 5. The molecule has 98 valence electrons. The Morgan fingerprint density at radius 2 is 1.59 bits per heavy atom. The third-order valence-electron chi connectivity index (χ3n) is 3.06. The van der Waals surface area contributed by atoms with Gasteiger partial charge >= 0.3 is 16.5 Å². The molecule has 0 N–H and O–H groups in total. The quantitative estimate of drug-likeness (QED) is 0.776. The second-order valence-electron chi connectivity index (χ2n) is 4.13. The van der Waals surface area contributed by atoms with E-state index in [0.717, 1.165) is 42.4 Å². The monoisotopic (exact) mass is 278 g/mol. The molecule has 0 unspecified atom stereocenters. The molecule has 0 heterocycles. The van der Waals surface area contributed by atoms with Crippen LogP contribution in [-0.4, -0.2) is 0 Å². The predicted molar refractivity (Wildman–Crippen MR) is 62.7 cm³/mol. The summed E-state index contributed by atoms with van der Waals surface area (Å²) in [5.74, 6) is -0.625. The van der Waals surface area contributed by atoms with Gasteiger partial charge < -0.3 is 10.2 Å². The van der Waals surface area contributed by atoms with Crippen molar-refractivity contribution >= 4 is 0 Å². The maximum atomic E-state index is 11.7. The van der Waals surface area contributed by atoms with E-state index in [-0.39, 0.29) is 28.0 Å². The van der Waals surface area contributed by atoms with Gasteiger partial charge in [-0.3, -0.25) is 0 Å². The summed E-state index contributed by atoms with van der Waals surface area (Å²) in [5.41, 5.74) is 2.94. The zero-order chi connectivity index (χ0) is 12.1. The molecular weight excluding hydrogens is 259 g/mol. The molecule has 17 heavy (non-hydrogen) atoms. The minimum atomic E-state index is -0.333. The molecule has 2 nitrogen and oxygen atoms in total. The summed E-state index contributed by atoms with van der Waals surface area (Å²) in [6.45, 7) is 6.12. The summed E-state index contributed by atoms with van der Waals surface area (Å²) in [5, 5.41) is 23.2. The summed E-state index contributed by atoms with van der Waals surface area (Å²) >= 11 is 0. The van der Waals surface area contributed by atoms with Crippen LogP contribution in [0.5, 0.6) is 11.5 Å². The number of benzene rings is 1. The van der Waals surface area contributed by atoms with E-state index in [0.29, 0.717) is 6.42 Å². The van der Waals surface area contributed by atoms with Gasteiger partial charge in [0.2, 0.25) is 0 Å². The van der Waals surface area contributed by atoms with Gasteiger partial charge in [-0.2, -0.15) is 0 Å². The fourth-order valence-electron chi connectivity index (χ4n) is 2.20. The Hall–Kier alpha value is -0.686.